The smallest absolute Gasteiger partial charge is 0.308 e. The highest BCUT2D eigenvalue weighted by Gasteiger charge is 2.32. The number of carbonyl (C=O) groups is 2. The molecule has 1 aromatic rings. The molecule has 142 valence electrons. The zero-order valence-corrected chi connectivity index (χ0v) is 16.1. The minimum absolute atomic E-state index is 0.0507. The zero-order valence-electron chi connectivity index (χ0n) is 15.3. The van der Waals surface area contributed by atoms with Crippen LogP contribution < -0.4 is 0 Å². The van der Waals surface area contributed by atoms with Crippen LogP contribution >= 0.6 is 11.6 Å². The predicted molar refractivity (Wildman–Crippen MR) is 101 cm³/mol. The van der Waals surface area contributed by atoms with E-state index >= 15 is 0 Å². The van der Waals surface area contributed by atoms with Gasteiger partial charge in [0.25, 0.3) is 0 Å². The van der Waals surface area contributed by atoms with Gasteiger partial charge in [-0.2, -0.15) is 0 Å². The van der Waals surface area contributed by atoms with Gasteiger partial charge in [0.1, 0.15) is 0 Å². The standard InChI is InChI=1S/C20H27ClN2O3/c1-26-20(25)17-8-12-23(13-9-17)19(24)16-6-10-22(11-7-16)14-15-2-4-18(21)5-3-15/h2-5,16-17H,6-14H2,1H3. The fraction of sp³-hybridized carbons (Fsp3) is 0.600. The summed E-state index contributed by atoms with van der Waals surface area (Å²) in [5.74, 6) is 0.184. The highest BCUT2D eigenvalue weighted by Crippen LogP contribution is 2.25. The number of esters is 1. The van der Waals surface area contributed by atoms with Gasteiger partial charge in [-0.25, -0.2) is 0 Å². The van der Waals surface area contributed by atoms with Gasteiger partial charge >= 0.3 is 5.97 Å². The van der Waals surface area contributed by atoms with Gasteiger partial charge in [-0.15, -0.1) is 0 Å². The molecular formula is C20H27ClN2O3. The second-order valence-corrected chi connectivity index (χ2v) is 7.74. The Morgan fingerprint density at radius 1 is 1.00 bits per heavy atom. The summed E-state index contributed by atoms with van der Waals surface area (Å²) in [4.78, 5) is 28.7. The van der Waals surface area contributed by atoms with E-state index in [0.29, 0.717) is 25.9 Å². The maximum absolute atomic E-state index is 12.8. The monoisotopic (exact) mass is 378 g/mol. The van der Waals surface area contributed by atoms with Gasteiger partial charge in [0.2, 0.25) is 5.91 Å². The Kier molecular flexibility index (Phi) is 6.54. The summed E-state index contributed by atoms with van der Waals surface area (Å²) in [5, 5.41) is 0.758. The highest BCUT2D eigenvalue weighted by atomic mass is 35.5. The number of ether oxygens (including phenoxy) is 1. The van der Waals surface area contributed by atoms with E-state index in [2.05, 4.69) is 17.0 Å². The number of nitrogens with zero attached hydrogens (tertiary/aromatic N) is 2. The van der Waals surface area contributed by atoms with Gasteiger partial charge in [0.15, 0.2) is 0 Å². The molecule has 0 atom stereocenters. The normalized spacial score (nSPS) is 20.2. The van der Waals surface area contributed by atoms with Crippen molar-refractivity contribution < 1.29 is 14.3 Å². The third kappa shape index (κ3) is 4.77. The molecule has 26 heavy (non-hydrogen) atoms. The van der Waals surface area contributed by atoms with E-state index in [1.807, 2.05) is 17.0 Å². The topological polar surface area (TPSA) is 49.9 Å². The first-order chi connectivity index (χ1) is 12.6. The largest absolute Gasteiger partial charge is 0.469 e. The van der Waals surface area contributed by atoms with Crippen molar-refractivity contribution in [3.8, 4) is 0 Å². The van der Waals surface area contributed by atoms with E-state index in [4.69, 9.17) is 16.3 Å². The number of rotatable bonds is 4. The number of halogens is 1. The van der Waals surface area contributed by atoms with Crippen LogP contribution in [-0.2, 0) is 20.9 Å². The second kappa shape index (κ2) is 8.87. The molecule has 0 bridgehead atoms. The molecule has 2 heterocycles. The van der Waals surface area contributed by atoms with Crippen LogP contribution in [0, 0.1) is 11.8 Å². The fourth-order valence-corrected chi connectivity index (χ4v) is 4.07. The maximum atomic E-state index is 12.8. The van der Waals surface area contributed by atoms with Gasteiger partial charge in [0.05, 0.1) is 13.0 Å². The molecule has 0 aromatic heterocycles. The number of piperidine rings is 2. The third-order valence-electron chi connectivity index (χ3n) is 5.60. The van der Waals surface area contributed by atoms with Crippen molar-refractivity contribution in [1.29, 1.82) is 0 Å². The molecule has 2 aliphatic rings. The Labute approximate surface area is 160 Å². The molecule has 0 spiro atoms. The molecule has 0 saturated carbocycles. The summed E-state index contributed by atoms with van der Waals surface area (Å²) in [5.41, 5.74) is 1.25. The number of hydrogen-bond acceptors (Lipinski definition) is 4. The number of carbonyl (C=O) groups excluding carboxylic acids is 2. The van der Waals surface area contributed by atoms with Crippen molar-refractivity contribution >= 4 is 23.5 Å². The molecule has 2 aliphatic heterocycles. The SMILES string of the molecule is COC(=O)C1CCN(C(=O)C2CCN(Cc3ccc(Cl)cc3)CC2)CC1. The third-order valence-corrected chi connectivity index (χ3v) is 5.85. The van der Waals surface area contributed by atoms with E-state index in [9.17, 15) is 9.59 Å². The van der Waals surface area contributed by atoms with E-state index in [0.717, 1.165) is 37.5 Å². The molecule has 0 aliphatic carbocycles. The minimum atomic E-state index is -0.146. The van der Waals surface area contributed by atoms with E-state index < -0.39 is 0 Å². The quantitative estimate of drug-likeness (QED) is 0.756. The van der Waals surface area contributed by atoms with Crippen LogP contribution in [0.15, 0.2) is 24.3 Å². The molecule has 2 saturated heterocycles. The Morgan fingerprint density at radius 2 is 1.58 bits per heavy atom. The number of likely N-dealkylation sites (tertiary alicyclic amines) is 2. The van der Waals surface area contributed by atoms with Crippen LogP contribution in [-0.4, -0.2) is 55.0 Å². The van der Waals surface area contributed by atoms with E-state index in [-0.39, 0.29) is 23.7 Å². The Bertz CT molecular complexity index is 618. The summed E-state index contributed by atoms with van der Waals surface area (Å²) in [6.07, 6.45) is 3.24. The van der Waals surface area contributed by atoms with Crippen molar-refractivity contribution in [3.63, 3.8) is 0 Å². The summed E-state index contributed by atoms with van der Waals surface area (Å²) in [7, 11) is 1.43. The summed E-state index contributed by atoms with van der Waals surface area (Å²) >= 11 is 5.94. The summed E-state index contributed by atoms with van der Waals surface area (Å²) in [6, 6.07) is 7.96. The van der Waals surface area contributed by atoms with Crippen LogP contribution in [0.3, 0.4) is 0 Å². The molecular weight excluding hydrogens is 352 g/mol. The average Bonchev–Trinajstić information content (AvgIpc) is 2.69. The minimum Gasteiger partial charge on any atom is -0.469 e. The summed E-state index contributed by atoms with van der Waals surface area (Å²) in [6.45, 7) is 4.13. The Hall–Kier alpha value is -1.59. The highest BCUT2D eigenvalue weighted by molar-refractivity contribution is 6.30. The lowest BCUT2D eigenvalue weighted by molar-refractivity contribution is -0.150. The lowest BCUT2D eigenvalue weighted by atomic mass is 9.92. The molecule has 3 rings (SSSR count). The fourth-order valence-electron chi connectivity index (χ4n) is 3.95. The first-order valence-electron chi connectivity index (χ1n) is 9.40. The Morgan fingerprint density at radius 3 is 2.15 bits per heavy atom. The van der Waals surface area contributed by atoms with Crippen molar-refractivity contribution in [2.45, 2.75) is 32.2 Å². The van der Waals surface area contributed by atoms with Crippen molar-refractivity contribution in [2.75, 3.05) is 33.3 Å². The molecule has 0 unspecified atom stereocenters. The predicted octanol–water partition coefficient (Wildman–Crippen LogP) is 2.96. The molecule has 2 fully saturated rings. The number of methoxy groups -OCH3 is 1. The first kappa shape index (κ1) is 19.2. The van der Waals surface area contributed by atoms with Gasteiger partial charge in [-0.1, -0.05) is 23.7 Å². The number of hydrogen-bond donors (Lipinski definition) is 0. The lowest BCUT2D eigenvalue weighted by Gasteiger charge is -2.36. The molecule has 0 N–H and O–H groups in total. The van der Waals surface area contributed by atoms with Crippen molar-refractivity contribution in [1.82, 2.24) is 9.80 Å². The number of amides is 1. The first-order valence-corrected chi connectivity index (χ1v) is 9.78. The molecule has 0 radical (unpaired) electrons. The molecule has 1 aromatic carbocycles. The molecule has 6 heteroatoms. The number of benzene rings is 1. The van der Waals surface area contributed by atoms with E-state index in [1.165, 1.54) is 12.7 Å². The van der Waals surface area contributed by atoms with E-state index in [1.54, 1.807) is 0 Å². The van der Waals surface area contributed by atoms with Crippen LogP contribution in [0.2, 0.25) is 5.02 Å². The van der Waals surface area contributed by atoms with Crippen LogP contribution in [0.5, 0.6) is 0 Å². The maximum Gasteiger partial charge on any atom is 0.308 e. The van der Waals surface area contributed by atoms with Crippen molar-refractivity contribution in [2.24, 2.45) is 11.8 Å². The van der Waals surface area contributed by atoms with Gasteiger partial charge in [0, 0.05) is 30.6 Å². The van der Waals surface area contributed by atoms with Crippen LogP contribution in [0.1, 0.15) is 31.2 Å². The lowest BCUT2D eigenvalue weighted by Crippen LogP contribution is -2.46. The molecule has 5 nitrogen and oxygen atoms in total. The average molecular weight is 379 g/mol. The van der Waals surface area contributed by atoms with Crippen LogP contribution in [0.25, 0.3) is 0 Å². The van der Waals surface area contributed by atoms with Crippen molar-refractivity contribution in [3.05, 3.63) is 34.9 Å². The molecule has 1 amide bonds. The van der Waals surface area contributed by atoms with Gasteiger partial charge < -0.3 is 9.64 Å². The van der Waals surface area contributed by atoms with Crippen LogP contribution in [0.4, 0.5) is 0 Å². The summed E-state index contributed by atoms with van der Waals surface area (Å²) < 4.78 is 4.81. The Balaban J connectivity index is 1.44. The van der Waals surface area contributed by atoms with Gasteiger partial charge in [-0.3, -0.25) is 14.5 Å². The van der Waals surface area contributed by atoms with Gasteiger partial charge in [-0.05, 0) is 56.5 Å². The second-order valence-electron chi connectivity index (χ2n) is 7.30. The zero-order chi connectivity index (χ0) is 18.5.